The van der Waals surface area contributed by atoms with Crippen LogP contribution in [-0.2, 0) is 24.7 Å². The number of aliphatic carboxylic acids is 2. The van der Waals surface area contributed by atoms with Crippen LogP contribution in [-0.4, -0.2) is 122 Å². The standard InChI is InChI=1S/C71H112N12O8/c1-13-27-57(49-45-67(3,4)82(68(5,6)46-49)90-55-29-19-15-20-30-55)74-63-76-61(72-43-25-17-23-33-59(84)85)78-65(80-63)88-53-39-35-51(36-40-53)71(11,12)52-37-41-54(42-38-52)89-66-79-62(73-44-26-18-24-34-60(86)87)77-64(81-66)75-58(28-14-2)50-47-69(7,8)83(70(9,10)48-50)91-56-31-21-16-22-32-56/h35-42,49-50,55-58H,13-34,43-48H2,1-12H3,(H,84,85)(H,86,87)(H2,72,74,76,78,80)(H2,73,75,77,79,81). The van der Waals surface area contributed by atoms with E-state index in [-0.39, 0.29) is 71.3 Å². The number of hydrogen-bond donors (Lipinski definition) is 6. The average Bonchev–Trinajstić information content (AvgIpc) is 0.793. The van der Waals surface area contributed by atoms with E-state index in [1.54, 1.807) is 0 Å². The number of aromatic nitrogens is 6. The molecule has 20 heteroatoms. The Morgan fingerprint density at radius 1 is 0.505 bits per heavy atom. The summed E-state index contributed by atoms with van der Waals surface area (Å²) in [4.78, 5) is 65.2. The second kappa shape index (κ2) is 32.3. The second-order valence-electron chi connectivity index (χ2n) is 29.7. The maximum absolute atomic E-state index is 11.2. The summed E-state index contributed by atoms with van der Waals surface area (Å²) >= 11 is 0. The van der Waals surface area contributed by atoms with Gasteiger partial charge in [0.2, 0.25) is 23.8 Å². The lowest BCUT2D eigenvalue weighted by molar-refractivity contribution is -0.314. The van der Waals surface area contributed by atoms with Gasteiger partial charge in [0, 0.05) is 65.6 Å². The number of unbranched alkanes of at least 4 members (excludes halogenated alkanes) is 4. The van der Waals surface area contributed by atoms with Gasteiger partial charge in [-0.15, -0.1) is 0 Å². The molecule has 0 radical (unpaired) electrons. The van der Waals surface area contributed by atoms with Gasteiger partial charge in [0.15, 0.2) is 0 Å². The van der Waals surface area contributed by atoms with E-state index in [2.05, 4.69) is 139 Å². The van der Waals surface area contributed by atoms with E-state index in [9.17, 15) is 19.8 Å². The number of carboxylic acids is 2. The lowest BCUT2D eigenvalue weighted by Crippen LogP contribution is -2.63. The molecule has 91 heavy (non-hydrogen) atoms. The van der Waals surface area contributed by atoms with Crippen molar-refractivity contribution >= 4 is 35.7 Å². The normalized spacial score (nSPS) is 19.9. The van der Waals surface area contributed by atoms with Gasteiger partial charge >= 0.3 is 24.0 Å². The molecule has 2 aliphatic heterocycles. The van der Waals surface area contributed by atoms with Gasteiger partial charge < -0.3 is 41.0 Å². The molecule has 4 heterocycles. The molecule has 2 aromatic heterocycles. The van der Waals surface area contributed by atoms with E-state index < -0.39 is 17.4 Å². The largest absolute Gasteiger partial charge is 0.481 e. The van der Waals surface area contributed by atoms with Crippen LogP contribution in [0.2, 0.25) is 0 Å². The number of rotatable bonds is 34. The Morgan fingerprint density at radius 3 is 1.18 bits per heavy atom. The molecule has 4 fully saturated rings. The topological polar surface area (TPSA) is 243 Å². The van der Waals surface area contributed by atoms with Crippen molar-refractivity contribution in [1.82, 2.24) is 40.0 Å². The SMILES string of the molecule is CCCC(Nc1nc(NCCCCCC(=O)O)nc(Oc2ccc(C(C)(C)c3ccc(Oc4nc(NCCCCCC(=O)O)nc(NC(CCC)C5CC(C)(C)N(OC6CCCCC6)C(C)(C)C5)n4)cc3)cc2)n1)C1CC(C)(C)N(OC2CCCCC2)C(C)(C)C1. The second-order valence-corrected chi connectivity index (χ2v) is 29.7. The van der Waals surface area contributed by atoms with Crippen LogP contribution in [0.5, 0.6) is 23.5 Å². The fourth-order valence-corrected chi connectivity index (χ4v) is 15.2. The van der Waals surface area contributed by atoms with Crippen molar-refractivity contribution in [2.24, 2.45) is 11.8 Å². The molecule has 4 aromatic rings. The summed E-state index contributed by atoms with van der Waals surface area (Å²) < 4.78 is 13.0. The third-order valence-corrected chi connectivity index (χ3v) is 19.3. The van der Waals surface area contributed by atoms with Crippen molar-refractivity contribution in [1.29, 1.82) is 0 Å². The van der Waals surface area contributed by atoms with Crippen molar-refractivity contribution in [3.8, 4) is 23.5 Å². The fraction of sp³-hybridized carbons (Fsp3) is 0.718. The van der Waals surface area contributed by atoms with Crippen LogP contribution in [0, 0.1) is 11.8 Å². The summed E-state index contributed by atoms with van der Waals surface area (Å²) in [5, 5.41) is 37.3. The lowest BCUT2D eigenvalue weighted by Gasteiger charge is -2.56. The maximum atomic E-state index is 11.2. The zero-order chi connectivity index (χ0) is 65.4. The highest BCUT2D eigenvalue weighted by Gasteiger charge is 2.51. The van der Waals surface area contributed by atoms with Gasteiger partial charge in [-0.3, -0.25) is 19.3 Å². The van der Waals surface area contributed by atoms with Crippen molar-refractivity contribution in [2.75, 3.05) is 34.4 Å². The molecule has 2 aliphatic carbocycles. The van der Waals surface area contributed by atoms with E-state index >= 15 is 0 Å². The number of carbonyl (C=O) groups is 2. The van der Waals surface area contributed by atoms with Gasteiger partial charge in [-0.05, 0) is 193 Å². The summed E-state index contributed by atoms with van der Waals surface area (Å²) in [6.45, 7) is 28.5. The summed E-state index contributed by atoms with van der Waals surface area (Å²) in [5.74, 6) is 1.91. The van der Waals surface area contributed by atoms with E-state index in [1.807, 2.05) is 24.3 Å². The number of piperidine rings is 2. The molecular formula is C71H112N12O8. The molecule has 2 saturated carbocycles. The first-order valence-electron chi connectivity index (χ1n) is 34.8. The Labute approximate surface area is 543 Å². The van der Waals surface area contributed by atoms with Crippen LogP contribution < -0.4 is 30.7 Å². The Morgan fingerprint density at radius 2 is 0.846 bits per heavy atom. The average molecular weight is 1260 g/mol. The predicted molar refractivity (Wildman–Crippen MR) is 360 cm³/mol. The molecule has 2 saturated heterocycles. The Hall–Kier alpha value is -5.96. The Balaban J connectivity index is 0.960. The van der Waals surface area contributed by atoms with Gasteiger partial charge in [0.05, 0.1) is 12.2 Å². The molecule has 4 aliphatic rings. The van der Waals surface area contributed by atoms with Gasteiger partial charge in [0.25, 0.3) is 0 Å². The highest BCUT2D eigenvalue weighted by molar-refractivity contribution is 5.66. The fourth-order valence-electron chi connectivity index (χ4n) is 15.2. The van der Waals surface area contributed by atoms with E-state index in [0.717, 1.165) is 114 Å². The number of hydroxylamine groups is 4. The highest BCUT2D eigenvalue weighted by atomic mass is 16.7. The van der Waals surface area contributed by atoms with Gasteiger partial charge in [-0.2, -0.15) is 40.0 Å². The van der Waals surface area contributed by atoms with Gasteiger partial charge in [-0.25, -0.2) is 0 Å². The molecule has 6 N–H and O–H groups in total. The van der Waals surface area contributed by atoms with Crippen LogP contribution in [0.4, 0.5) is 23.8 Å². The van der Waals surface area contributed by atoms with Crippen molar-refractivity contribution in [3.63, 3.8) is 0 Å². The smallest absolute Gasteiger partial charge is 0.328 e. The molecule has 0 spiro atoms. The third-order valence-electron chi connectivity index (χ3n) is 19.3. The third kappa shape index (κ3) is 20.5. The summed E-state index contributed by atoms with van der Waals surface area (Å²) in [7, 11) is 0. The van der Waals surface area contributed by atoms with Gasteiger partial charge in [0.1, 0.15) is 11.5 Å². The van der Waals surface area contributed by atoms with E-state index in [0.29, 0.717) is 73.1 Å². The number of carboxylic acid groups (broad SMARTS) is 2. The predicted octanol–water partition coefficient (Wildman–Crippen LogP) is 16.3. The zero-order valence-electron chi connectivity index (χ0n) is 57.3. The zero-order valence-corrected chi connectivity index (χ0v) is 57.3. The lowest BCUT2D eigenvalue weighted by atomic mass is 9.71. The summed E-state index contributed by atoms with van der Waals surface area (Å²) in [6.07, 6.45) is 24.7. The maximum Gasteiger partial charge on any atom is 0.328 e. The van der Waals surface area contributed by atoms with Crippen LogP contribution in [0.3, 0.4) is 0 Å². The molecule has 0 bridgehead atoms. The van der Waals surface area contributed by atoms with E-state index in [4.69, 9.17) is 49.1 Å². The minimum atomic E-state index is -0.785. The number of nitrogens with one attached hydrogen (secondary N) is 4. The number of anilines is 4. The summed E-state index contributed by atoms with van der Waals surface area (Å²) in [5.41, 5.74) is 0.972. The molecule has 2 atom stereocenters. The van der Waals surface area contributed by atoms with Crippen molar-refractivity contribution in [2.45, 2.75) is 302 Å². The minimum absolute atomic E-state index is 0.0890. The van der Waals surface area contributed by atoms with Gasteiger partial charge in [-0.1, -0.05) is 116 Å². The van der Waals surface area contributed by atoms with Crippen LogP contribution in [0.25, 0.3) is 0 Å². The molecule has 0 amide bonds. The molecule has 20 nitrogen and oxygen atoms in total. The van der Waals surface area contributed by atoms with Crippen LogP contribution in [0.15, 0.2) is 48.5 Å². The minimum Gasteiger partial charge on any atom is -0.481 e. The Kier molecular flexibility index (Phi) is 25.1. The molecular weight excluding hydrogens is 1150 g/mol. The first-order chi connectivity index (χ1) is 43.3. The van der Waals surface area contributed by atoms with Crippen LogP contribution >= 0.6 is 0 Å². The van der Waals surface area contributed by atoms with Crippen molar-refractivity contribution in [3.05, 3.63) is 59.7 Å². The van der Waals surface area contributed by atoms with E-state index in [1.165, 1.54) is 38.5 Å². The molecule has 2 aromatic carbocycles. The number of ether oxygens (including phenoxy) is 2. The quantitative estimate of drug-likeness (QED) is 0.0238. The van der Waals surface area contributed by atoms with Crippen molar-refractivity contribution < 1.29 is 39.0 Å². The molecule has 8 rings (SSSR count). The number of nitrogens with zero attached hydrogens (tertiary/aromatic N) is 8. The number of hydrogen-bond acceptors (Lipinski definition) is 18. The first-order valence-corrected chi connectivity index (χ1v) is 34.8. The molecule has 504 valence electrons. The Bertz CT molecular complexity index is 2680. The molecule has 2 unspecified atom stereocenters. The highest BCUT2D eigenvalue weighted by Crippen LogP contribution is 2.47. The first kappa shape index (κ1) is 70.9. The monoisotopic (exact) mass is 1260 g/mol. The number of benzene rings is 2. The van der Waals surface area contributed by atoms with Crippen LogP contribution in [0.1, 0.15) is 261 Å². The summed E-state index contributed by atoms with van der Waals surface area (Å²) in [6, 6.07) is 16.6.